The van der Waals surface area contributed by atoms with Crippen molar-refractivity contribution < 1.29 is 27.4 Å². The first kappa shape index (κ1) is 16.7. The number of methoxy groups -OCH3 is 1. The summed E-state index contributed by atoms with van der Waals surface area (Å²) in [5, 5.41) is 0. The second-order valence-corrected chi connectivity index (χ2v) is 6.30. The average Bonchev–Trinajstić information content (AvgIpc) is 2.59. The van der Waals surface area contributed by atoms with Gasteiger partial charge in [-0.3, -0.25) is 0 Å². The topological polar surface area (TPSA) is 27.7 Å². The van der Waals surface area contributed by atoms with Gasteiger partial charge in [0.1, 0.15) is 6.10 Å². The Hall–Kier alpha value is -1.11. The van der Waals surface area contributed by atoms with E-state index in [9.17, 15) is 13.2 Å². The summed E-state index contributed by atoms with van der Waals surface area (Å²) >= 11 is 0. The Morgan fingerprint density at radius 1 is 0.957 bits per heavy atom. The average molecular weight is 330 g/mol. The van der Waals surface area contributed by atoms with E-state index >= 15 is 0 Å². The molecule has 3 rings (SSSR count). The van der Waals surface area contributed by atoms with Crippen LogP contribution in [-0.4, -0.2) is 32.7 Å². The predicted octanol–water partition coefficient (Wildman–Crippen LogP) is 3.77. The van der Waals surface area contributed by atoms with Gasteiger partial charge in [-0.25, -0.2) is 13.2 Å². The number of hydrogen-bond donors (Lipinski definition) is 0. The first-order valence-electron chi connectivity index (χ1n) is 7.99. The molecule has 0 bridgehead atoms. The third-order valence-electron chi connectivity index (χ3n) is 4.86. The molecule has 0 amide bonds. The van der Waals surface area contributed by atoms with Crippen LogP contribution in [0.15, 0.2) is 12.1 Å². The van der Waals surface area contributed by atoms with Gasteiger partial charge in [-0.05, 0) is 49.3 Å². The van der Waals surface area contributed by atoms with Crippen molar-refractivity contribution in [1.29, 1.82) is 0 Å². The van der Waals surface area contributed by atoms with Crippen LogP contribution in [0.2, 0.25) is 0 Å². The molecule has 0 spiro atoms. The Bertz CT molecular complexity index is 513. The third-order valence-corrected chi connectivity index (χ3v) is 4.86. The molecule has 23 heavy (non-hydrogen) atoms. The van der Waals surface area contributed by atoms with Crippen molar-refractivity contribution in [2.75, 3.05) is 20.3 Å². The standard InChI is InChI=1S/C17H21F3O3/c1-21-13-8-22-17(23-9-13)11-4-2-10(3-5-11)12-6-14(18)16(20)15(19)7-12/h6-7,10-11,13,17H,2-5,8-9H2,1H3. The maximum absolute atomic E-state index is 13.4. The molecule has 3 nitrogen and oxygen atoms in total. The molecule has 0 N–H and O–H groups in total. The summed E-state index contributed by atoms with van der Waals surface area (Å²) in [5.41, 5.74) is 0.532. The molecule has 1 saturated carbocycles. The summed E-state index contributed by atoms with van der Waals surface area (Å²) in [7, 11) is 1.63. The lowest BCUT2D eigenvalue weighted by Gasteiger charge is -2.37. The van der Waals surface area contributed by atoms with Crippen LogP contribution in [0.1, 0.15) is 37.2 Å². The second kappa shape index (κ2) is 7.20. The van der Waals surface area contributed by atoms with E-state index in [1.54, 1.807) is 7.11 Å². The zero-order valence-electron chi connectivity index (χ0n) is 13.1. The summed E-state index contributed by atoms with van der Waals surface area (Å²) in [6, 6.07) is 2.22. The van der Waals surface area contributed by atoms with Crippen molar-refractivity contribution in [2.24, 2.45) is 5.92 Å². The Balaban J connectivity index is 1.56. The van der Waals surface area contributed by atoms with Crippen molar-refractivity contribution in [1.82, 2.24) is 0 Å². The lowest BCUT2D eigenvalue weighted by atomic mass is 9.78. The van der Waals surface area contributed by atoms with Gasteiger partial charge in [-0.15, -0.1) is 0 Å². The Kier molecular flexibility index (Phi) is 5.24. The van der Waals surface area contributed by atoms with E-state index in [1.807, 2.05) is 0 Å². The number of halogens is 3. The van der Waals surface area contributed by atoms with Crippen LogP contribution in [0.25, 0.3) is 0 Å². The maximum atomic E-state index is 13.4. The highest BCUT2D eigenvalue weighted by Crippen LogP contribution is 2.39. The zero-order chi connectivity index (χ0) is 16.4. The molecule has 0 unspecified atom stereocenters. The monoisotopic (exact) mass is 330 g/mol. The summed E-state index contributed by atoms with van der Waals surface area (Å²) in [4.78, 5) is 0. The minimum absolute atomic E-state index is 0.0206. The van der Waals surface area contributed by atoms with Crippen molar-refractivity contribution >= 4 is 0 Å². The molecule has 0 aromatic heterocycles. The fourth-order valence-corrected chi connectivity index (χ4v) is 3.44. The van der Waals surface area contributed by atoms with Crippen LogP contribution in [0.4, 0.5) is 13.2 Å². The van der Waals surface area contributed by atoms with Gasteiger partial charge in [0.05, 0.1) is 13.2 Å². The van der Waals surface area contributed by atoms with Crippen LogP contribution in [-0.2, 0) is 14.2 Å². The molecular formula is C17H21F3O3. The molecule has 1 aromatic carbocycles. The van der Waals surface area contributed by atoms with Crippen LogP contribution >= 0.6 is 0 Å². The molecule has 1 aliphatic heterocycles. The molecule has 2 aliphatic rings. The van der Waals surface area contributed by atoms with E-state index in [0.29, 0.717) is 18.8 Å². The van der Waals surface area contributed by atoms with Crippen LogP contribution < -0.4 is 0 Å². The lowest BCUT2D eigenvalue weighted by molar-refractivity contribution is -0.245. The third kappa shape index (κ3) is 3.70. The summed E-state index contributed by atoms with van der Waals surface area (Å²) in [6.07, 6.45) is 3.02. The fourth-order valence-electron chi connectivity index (χ4n) is 3.44. The Labute approximate surface area is 133 Å². The number of hydrogen-bond acceptors (Lipinski definition) is 3. The molecule has 6 heteroatoms. The highest BCUT2D eigenvalue weighted by atomic mass is 19.2. The van der Waals surface area contributed by atoms with Gasteiger partial charge in [0.15, 0.2) is 23.7 Å². The molecule has 1 aliphatic carbocycles. The first-order valence-corrected chi connectivity index (χ1v) is 7.99. The number of rotatable bonds is 3. The van der Waals surface area contributed by atoms with Gasteiger partial charge in [0, 0.05) is 13.0 Å². The van der Waals surface area contributed by atoms with Crippen molar-refractivity contribution in [3.8, 4) is 0 Å². The van der Waals surface area contributed by atoms with Crippen molar-refractivity contribution in [3.05, 3.63) is 35.1 Å². The van der Waals surface area contributed by atoms with Crippen LogP contribution in [0.3, 0.4) is 0 Å². The summed E-state index contributed by atoms with van der Waals surface area (Å²) in [5.74, 6) is -3.32. The van der Waals surface area contributed by atoms with Crippen LogP contribution in [0, 0.1) is 23.4 Å². The van der Waals surface area contributed by atoms with Crippen molar-refractivity contribution in [3.63, 3.8) is 0 Å². The molecule has 128 valence electrons. The Morgan fingerprint density at radius 3 is 2.04 bits per heavy atom. The van der Waals surface area contributed by atoms with Gasteiger partial charge >= 0.3 is 0 Å². The van der Waals surface area contributed by atoms with Crippen LogP contribution in [0.5, 0.6) is 0 Å². The minimum Gasteiger partial charge on any atom is -0.377 e. The van der Waals surface area contributed by atoms with Gasteiger partial charge in [0.2, 0.25) is 0 Å². The summed E-state index contributed by atoms with van der Waals surface area (Å²) in [6.45, 7) is 1.05. The number of ether oxygens (including phenoxy) is 3. The highest BCUT2D eigenvalue weighted by Gasteiger charge is 2.33. The van der Waals surface area contributed by atoms with E-state index in [0.717, 1.165) is 37.8 Å². The smallest absolute Gasteiger partial charge is 0.194 e. The highest BCUT2D eigenvalue weighted by molar-refractivity contribution is 5.23. The maximum Gasteiger partial charge on any atom is 0.194 e. The Morgan fingerprint density at radius 2 is 1.52 bits per heavy atom. The SMILES string of the molecule is COC1COC(C2CCC(c3cc(F)c(F)c(F)c3)CC2)OC1. The fraction of sp³-hybridized carbons (Fsp3) is 0.647. The lowest BCUT2D eigenvalue weighted by Crippen LogP contribution is -2.41. The largest absolute Gasteiger partial charge is 0.377 e. The summed E-state index contributed by atoms with van der Waals surface area (Å²) < 4.78 is 56.4. The zero-order valence-corrected chi connectivity index (χ0v) is 13.1. The van der Waals surface area contributed by atoms with Gasteiger partial charge in [-0.2, -0.15) is 0 Å². The molecule has 1 aromatic rings. The predicted molar refractivity (Wildman–Crippen MR) is 77.5 cm³/mol. The minimum atomic E-state index is -1.40. The van der Waals surface area contributed by atoms with Crippen molar-refractivity contribution in [2.45, 2.75) is 44.0 Å². The van der Waals surface area contributed by atoms with E-state index in [2.05, 4.69) is 0 Å². The molecular weight excluding hydrogens is 309 g/mol. The molecule has 1 saturated heterocycles. The quantitative estimate of drug-likeness (QED) is 0.790. The van der Waals surface area contributed by atoms with E-state index < -0.39 is 17.5 Å². The van der Waals surface area contributed by atoms with Gasteiger partial charge < -0.3 is 14.2 Å². The number of benzene rings is 1. The molecule has 0 radical (unpaired) electrons. The van der Waals surface area contributed by atoms with Gasteiger partial charge in [0.25, 0.3) is 0 Å². The van der Waals surface area contributed by atoms with E-state index in [1.165, 1.54) is 0 Å². The molecule has 2 fully saturated rings. The van der Waals surface area contributed by atoms with E-state index in [4.69, 9.17) is 14.2 Å². The van der Waals surface area contributed by atoms with E-state index in [-0.39, 0.29) is 24.2 Å². The first-order chi connectivity index (χ1) is 11.1. The van der Waals surface area contributed by atoms with Gasteiger partial charge in [-0.1, -0.05) is 0 Å². The molecule has 0 atom stereocenters. The second-order valence-electron chi connectivity index (χ2n) is 6.30. The molecule has 1 heterocycles. The normalized spacial score (nSPS) is 32.0.